The molecule has 2 rings (SSSR count). The summed E-state index contributed by atoms with van der Waals surface area (Å²) in [7, 11) is 0. The molecule has 19 heavy (non-hydrogen) atoms. The van der Waals surface area contributed by atoms with Crippen LogP contribution in [0.1, 0.15) is 30.9 Å². The lowest BCUT2D eigenvalue weighted by Crippen LogP contribution is -1.93. The number of aryl methyl sites for hydroxylation is 1. The molecule has 0 radical (unpaired) electrons. The Morgan fingerprint density at radius 1 is 1.11 bits per heavy atom. The molecule has 0 heterocycles. The highest BCUT2D eigenvalue weighted by Crippen LogP contribution is 2.32. The molecule has 0 saturated heterocycles. The van der Waals surface area contributed by atoms with Crippen LogP contribution in [0.2, 0.25) is 0 Å². The Bertz CT molecular complexity index is 593. The third-order valence-electron chi connectivity index (χ3n) is 3.05. The molecule has 0 aliphatic heterocycles. The van der Waals surface area contributed by atoms with Gasteiger partial charge in [-0.2, -0.15) is 0 Å². The number of halogens is 1. The van der Waals surface area contributed by atoms with Crippen LogP contribution in [0.5, 0.6) is 11.5 Å². The first-order valence-electron chi connectivity index (χ1n) is 6.31. The van der Waals surface area contributed by atoms with Crippen LogP contribution >= 0.6 is 15.9 Å². The molecule has 0 fully saturated rings. The van der Waals surface area contributed by atoms with Crippen molar-refractivity contribution < 1.29 is 4.74 Å². The van der Waals surface area contributed by atoms with Crippen molar-refractivity contribution in [2.45, 2.75) is 26.7 Å². The maximum atomic E-state index is 5.88. The molecular weight excluding hydrogens is 302 g/mol. The topological polar surface area (TPSA) is 35.2 Å². The maximum absolute atomic E-state index is 5.88. The third-order valence-corrected chi connectivity index (χ3v) is 3.67. The van der Waals surface area contributed by atoms with Crippen molar-refractivity contribution in [1.82, 2.24) is 0 Å². The van der Waals surface area contributed by atoms with Crippen LogP contribution in [0.25, 0.3) is 0 Å². The highest BCUT2D eigenvalue weighted by atomic mass is 79.9. The van der Waals surface area contributed by atoms with Crippen molar-refractivity contribution >= 4 is 21.6 Å². The standard InChI is InChI=1S/C16H18BrNO/c1-10(2)14-6-5-13(8-11(14)3)19-16-7-4-12(18)9-15(16)17/h4-10H,18H2,1-3H3. The molecule has 2 N–H and O–H groups in total. The van der Waals surface area contributed by atoms with Gasteiger partial charge in [0, 0.05) is 5.69 Å². The monoisotopic (exact) mass is 319 g/mol. The van der Waals surface area contributed by atoms with Gasteiger partial charge in [-0.1, -0.05) is 19.9 Å². The van der Waals surface area contributed by atoms with Crippen molar-refractivity contribution in [1.29, 1.82) is 0 Å². The smallest absolute Gasteiger partial charge is 0.141 e. The summed E-state index contributed by atoms with van der Waals surface area (Å²) in [6, 6.07) is 11.7. The summed E-state index contributed by atoms with van der Waals surface area (Å²) in [5, 5.41) is 0. The van der Waals surface area contributed by atoms with Crippen LogP contribution in [0, 0.1) is 6.92 Å². The first-order chi connectivity index (χ1) is 8.97. The summed E-state index contributed by atoms with van der Waals surface area (Å²) in [4.78, 5) is 0. The number of nitrogen functional groups attached to an aromatic ring is 1. The van der Waals surface area contributed by atoms with Gasteiger partial charge in [-0.15, -0.1) is 0 Å². The maximum Gasteiger partial charge on any atom is 0.141 e. The van der Waals surface area contributed by atoms with Gasteiger partial charge in [-0.05, 0) is 70.2 Å². The molecule has 0 saturated carbocycles. The highest BCUT2D eigenvalue weighted by molar-refractivity contribution is 9.10. The lowest BCUT2D eigenvalue weighted by atomic mass is 9.98. The Morgan fingerprint density at radius 3 is 2.42 bits per heavy atom. The van der Waals surface area contributed by atoms with Crippen molar-refractivity contribution in [3.63, 3.8) is 0 Å². The second-order valence-corrected chi connectivity index (χ2v) is 5.82. The zero-order chi connectivity index (χ0) is 14.0. The van der Waals surface area contributed by atoms with Gasteiger partial charge in [-0.25, -0.2) is 0 Å². The van der Waals surface area contributed by atoms with Crippen molar-refractivity contribution in [3.8, 4) is 11.5 Å². The normalized spacial score (nSPS) is 10.8. The van der Waals surface area contributed by atoms with Gasteiger partial charge in [0.1, 0.15) is 11.5 Å². The van der Waals surface area contributed by atoms with E-state index in [1.807, 2.05) is 24.3 Å². The summed E-state index contributed by atoms with van der Waals surface area (Å²) in [6.07, 6.45) is 0. The Kier molecular flexibility index (Phi) is 4.15. The predicted octanol–water partition coefficient (Wildman–Crippen LogP) is 5.26. The molecular formula is C16H18BrNO. The van der Waals surface area contributed by atoms with Gasteiger partial charge in [0.2, 0.25) is 0 Å². The van der Waals surface area contributed by atoms with Crippen LogP contribution in [-0.2, 0) is 0 Å². The molecule has 0 spiro atoms. The minimum Gasteiger partial charge on any atom is -0.456 e. The van der Waals surface area contributed by atoms with Crippen LogP contribution in [0.3, 0.4) is 0 Å². The van der Waals surface area contributed by atoms with E-state index in [2.05, 4.69) is 48.8 Å². The van der Waals surface area contributed by atoms with E-state index in [9.17, 15) is 0 Å². The molecule has 100 valence electrons. The van der Waals surface area contributed by atoms with Crippen LogP contribution in [-0.4, -0.2) is 0 Å². The summed E-state index contributed by atoms with van der Waals surface area (Å²) < 4.78 is 6.74. The van der Waals surface area contributed by atoms with Gasteiger partial charge in [0.15, 0.2) is 0 Å². The van der Waals surface area contributed by atoms with E-state index in [4.69, 9.17) is 10.5 Å². The number of rotatable bonds is 3. The van der Waals surface area contributed by atoms with Gasteiger partial charge in [-0.3, -0.25) is 0 Å². The van der Waals surface area contributed by atoms with Crippen LogP contribution < -0.4 is 10.5 Å². The van der Waals surface area contributed by atoms with Crippen LogP contribution in [0.4, 0.5) is 5.69 Å². The van der Waals surface area contributed by atoms with E-state index >= 15 is 0 Å². The van der Waals surface area contributed by atoms with Crippen molar-refractivity contribution in [3.05, 3.63) is 52.0 Å². The minimum absolute atomic E-state index is 0.525. The fourth-order valence-corrected chi connectivity index (χ4v) is 2.56. The molecule has 2 aromatic carbocycles. The van der Waals surface area contributed by atoms with Gasteiger partial charge >= 0.3 is 0 Å². The molecule has 0 aromatic heterocycles. The summed E-state index contributed by atoms with van der Waals surface area (Å²) in [6.45, 7) is 6.50. The molecule has 2 aromatic rings. The molecule has 0 atom stereocenters. The van der Waals surface area contributed by atoms with Crippen molar-refractivity contribution in [2.24, 2.45) is 0 Å². The average Bonchev–Trinajstić information content (AvgIpc) is 2.32. The largest absolute Gasteiger partial charge is 0.456 e. The fraction of sp³-hybridized carbons (Fsp3) is 0.250. The Morgan fingerprint density at radius 2 is 1.84 bits per heavy atom. The summed E-state index contributed by atoms with van der Waals surface area (Å²) in [5.41, 5.74) is 9.03. The van der Waals surface area contributed by atoms with E-state index < -0.39 is 0 Å². The third kappa shape index (κ3) is 3.29. The van der Waals surface area contributed by atoms with E-state index in [0.717, 1.165) is 16.0 Å². The molecule has 0 unspecified atom stereocenters. The first kappa shape index (κ1) is 13.9. The lowest BCUT2D eigenvalue weighted by Gasteiger charge is -2.13. The van der Waals surface area contributed by atoms with Crippen molar-refractivity contribution in [2.75, 3.05) is 5.73 Å². The van der Waals surface area contributed by atoms with E-state index in [-0.39, 0.29) is 0 Å². The van der Waals surface area contributed by atoms with E-state index in [1.165, 1.54) is 11.1 Å². The minimum atomic E-state index is 0.525. The quantitative estimate of drug-likeness (QED) is 0.783. The summed E-state index contributed by atoms with van der Waals surface area (Å²) >= 11 is 3.46. The summed E-state index contributed by atoms with van der Waals surface area (Å²) in [5.74, 6) is 2.13. The predicted molar refractivity (Wildman–Crippen MR) is 83.9 cm³/mol. The highest BCUT2D eigenvalue weighted by Gasteiger charge is 2.07. The molecule has 0 bridgehead atoms. The lowest BCUT2D eigenvalue weighted by molar-refractivity contribution is 0.479. The first-order valence-corrected chi connectivity index (χ1v) is 7.10. The van der Waals surface area contributed by atoms with Crippen LogP contribution in [0.15, 0.2) is 40.9 Å². The van der Waals surface area contributed by atoms with E-state index in [1.54, 1.807) is 0 Å². The van der Waals surface area contributed by atoms with Gasteiger partial charge in [0.05, 0.1) is 4.47 Å². The van der Waals surface area contributed by atoms with Gasteiger partial charge in [0.25, 0.3) is 0 Å². The molecule has 2 nitrogen and oxygen atoms in total. The second-order valence-electron chi connectivity index (χ2n) is 4.97. The number of nitrogens with two attached hydrogens (primary N) is 1. The zero-order valence-electron chi connectivity index (χ0n) is 11.4. The zero-order valence-corrected chi connectivity index (χ0v) is 13.0. The molecule has 0 aliphatic carbocycles. The molecule has 0 aliphatic rings. The Balaban J connectivity index is 2.26. The molecule has 3 heteroatoms. The number of benzene rings is 2. The number of anilines is 1. The average molecular weight is 320 g/mol. The number of ether oxygens (including phenoxy) is 1. The Hall–Kier alpha value is -1.48. The SMILES string of the molecule is Cc1cc(Oc2ccc(N)cc2Br)ccc1C(C)C. The fourth-order valence-electron chi connectivity index (χ4n) is 2.09. The number of hydrogen-bond donors (Lipinski definition) is 1. The second kappa shape index (κ2) is 5.66. The number of hydrogen-bond acceptors (Lipinski definition) is 2. The molecule has 0 amide bonds. The Labute approximate surface area is 122 Å². The van der Waals surface area contributed by atoms with Gasteiger partial charge < -0.3 is 10.5 Å². The van der Waals surface area contributed by atoms with E-state index in [0.29, 0.717) is 11.6 Å².